The molecule has 3 heteroatoms. The molecule has 0 spiro atoms. The number of nitriles is 1. The molecule has 1 N–H and O–H groups in total. The second-order valence-corrected chi connectivity index (χ2v) is 6.85. The summed E-state index contributed by atoms with van der Waals surface area (Å²) in [5, 5.41) is 14.4. The van der Waals surface area contributed by atoms with E-state index in [1.165, 1.54) is 11.1 Å². The van der Waals surface area contributed by atoms with Gasteiger partial charge in [-0.25, -0.2) is 0 Å². The lowest BCUT2D eigenvalue weighted by atomic mass is 9.76. The third kappa shape index (κ3) is 3.28. The zero-order valence-electron chi connectivity index (χ0n) is 13.2. The van der Waals surface area contributed by atoms with Crippen LogP contribution in [0.25, 0.3) is 0 Å². The molecule has 1 aliphatic heterocycles. The van der Waals surface area contributed by atoms with Crippen molar-refractivity contribution in [3.63, 3.8) is 0 Å². The fourth-order valence-corrected chi connectivity index (χ4v) is 4.02. The SMILES string of the molecule is CCSC1=C(C#N)C(c2ccccc2)C(c2ccccc2)CN1. The Balaban J connectivity index is 2.10. The van der Waals surface area contributed by atoms with Crippen LogP contribution >= 0.6 is 11.8 Å². The zero-order valence-corrected chi connectivity index (χ0v) is 14.0. The van der Waals surface area contributed by atoms with Gasteiger partial charge in [0.25, 0.3) is 0 Å². The van der Waals surface area contributed by atoms with Crippen molar-refractivity contribution in [3.8, 4) is 6.07 Å². The molecule has 0 amide bonds. The standard InChI is InChI=1S/C20H20N2S/c1-2-23-20-17(13-21)19(16-11-7-4-8-12-16)18(14-22-20)15-9-5-3-6-10-15/h3-12,18-19,22H,2,14H2,1H3. The van der Waals surface area contributed by atoms with Gasteiger partial charge >= 0.3 is 0 Å². The number of rotatable bonds is 4. The second kappa shape index (κ2) is 7.39. The highest BCUT2D eigenvalue weighted by Gasteiger charge is 2.34. The molecule has 2 aromatic carbocycles. The van der Waals surface area contributed by atoms with Crippen molar-refractivity contribution in [2.75, 3.05) is 12.3 Å². The maximum atomic E-state index is 9.82. The van der Waals surface area contributed by atoms with Crippen molar-refractivity contribution in [2.24, 2.45) is 0 Å². The number of hydrogen-bond acceptors (Lipinski definition) is 3. The number of hydrogen-bond donors (Lipinski definition) is 1. The summed E-state index contributed by atoms with van der Waals surface area (Å²) >= 11 is 1.73. The van der Waals surface area contributed by atoms with Crippen molar-refractivity contribution in [3.05, 3.63) is 82.4 Å². The number of nitrogens with one attached hydrogen (secondary N) is 1. The van der Waals surface area contributed by atoms with Gasteiger partial charge in [0.15, 0.2) is 0 Å². The fraction of sp³-hybridized carbons (Fsp3) is 0.250. The van der Waals surface area contributed by atoms with Gasteiger partial charge in [0.1, 0.15) is 0 Å². The van der Waals surface area contributed by atoms with E-state index in [0.717, 1.165) is 22.9 Å². The molecule has 0 aliphatic carbocycles. The Morgan fingerprint density at radius 1 is 1.04 bits per heavy atom. The molecule has 0 saturated carbocycles. The van der Waals surface area contributed by atoms with Gasteiger partial charge in [0.05, 0.1) is 16.7 Å². The highest BCUT2D eigenvalue weighted by molar-refractivity contribution is 8.03. The molecule has 0 radical (unpaired) electrons. The van der Waals surface area contributed by atoms with E-state index >= 15 is 0 Å². The Morgan fingerprint density at radius 2 is 1.65 bits per heavy atom. The van der Waals surface area contributed by atoms with Gasteiger partial charge < -0.3 is 5.32 Å². The van der Waals surface area contributed by atoms with Gasteiger partial charge in [0, 0.05) is 18.4 Å². The molecule has 2 aromatic rings. The molecule has 0 bridgehead atoms. The molecule has 2 nitrogen and oxygen atoms in total. The van der Waals surface area contributed by atoms with Crippen LogP contribution in [0, 0.1) is 11.3 Å². The molecule has 2 unspecified atom stereocenters. The first-order chi connectivity index (χ1) is 11.3. The first-order valence-electron chi connectivity index (χ1n) is 7.96. The highest BCUT2D eigenvalue weighted by Crippen LogP contribution is 2.43. The van der Waals surface area contributed by atoms with E-state index < -0.39 is 0 Å². The summed E-state index contributed by atoms with van der Waals surface area (Å²) in [5.41, 5.74) is 3.36. The number of benzene rings is 2. The minimum Gasteiger partial charge on any atom is -0.378 e. The van der Waals surface area contributed by atoms with Crippen LogP contribution in [0.1, 0.15) is 29.9 Å². The Labute approximate surface area is 142 Å². The third-order valence-electron chi connectivity index (χ3n) is 4.24. The van der Waals surface area contributed by atoms with Crippen LogP contribution in [0.15, 0.2) is 71.3 Å². The van der Waals surface area contributed by atoms with Crippen LogP contribution < -0.4 is 5.32 Å². The molecular formula is C20H20N2S. The van der Waals surface area contributed by atoms with Gasteiger partial charge in [0.2, 0.25) is 0 Å². The first-order valence-corrected chi connectivity index (χ1v) is 8.94. The van der Waals surface area contributed by atoms with E-state index in [0.29, 0.717) is 0 Å². The average Bonchev–Trinajstić information content (AvgIpc) is 2.63. The molecular weight excluding hydrogens is 300 g/mol. The molecule has 0 aromatic heterocycles. The van der Waals surface area contributed by atoms with Crippen LogP contribution in [0.2, 0.25) is 0 Å². The molecule has 116 valence electrons. The van der Waals surface area contributed by atoms with E-state index in [2.05, 4.69) is 66.8 Å². The lowest BCUT2D eigenvalue weighted by Gasteiger charge is -2.34. The highest BCUT2D eigenvalue weighted by atomic mass is 32.2. The van der Waals surface area contributed by atoms with Crippen LogP contribution in [-0.2, 0) is 0 Å². The third-order valence-corrected chi connectivity index (χ3v) is 5.18. The van der Waals surface area contributed by atoms with E-state index in [4.69, 9.17) is 0 Å². The predicted octanol–water partition coefficient (Wildman–Crippen LogP) is 4.65. The maximum Gasteiger partial charge on any atom is 0.0981 e. The summed E-state index contributed by atoms with van der Waals surface area (Å²) in [4.78, 5) is 0. The van der Waals surface area contributed by atoms with Gasteiger partial charge in [-0.05, 0) is 16.9 Å². The van der Waals surface area contributed by atoms with E-state index in [-0.39, 0.29) is 11.8 Å². The topological polar surface area (TPSA) is 35.8 Å². The zero-order chi connectivity index (χ0) is 16.1. The van der Waals surface area contributed by atoms with Crippen molar-refractivity contribution in [1.82, 2.24) is 5.32 Å². The predicted molar refractivity (Wildman–Crippen MR) is 97.1 cm³/mol. The number of thioether (sulfide) groups is 1. The van der Waals surface area contributed by atoms with Crippen LogP contribution in [0.4, 0.5) is 0 Å². The largest absolute Gasteiger partial charge is 0.378 e. The van der Waals surface area contributed by atoms with Gasteiger partial charge in [-0.1, -0.05) is 67.6 Å². The lowest BCUT2D eigenvalue weighted by Crippen LogP contribution is -2.32. The Bertz CT molecular complexity index is 716. The van der Waals surface area contributed by atoms with E-state index in [1.807, 2.05) is 12.1 Å². The van der Waals surface area contributed by atoms with Crippen molar-refractivity contribution >= 4 is 11.8 Å². The molecule has 1 heterocycles. The maximum absolute atomic E-state index is 9.82. The summed E-state index contributed by atoms with van der Waals surface area (Å²) < 4.78 is 0. The second-order valence-electron chi connectivity index (χ2n) is 5.57. The molecule has 0 saturated heterocycles. The quantitative estimate of drug-likeness (QED) is 0.891. The average molecular weight is 320 g/mol. The molecule has 0 fully saturated rings. The first kappa shape index (κ1) is 15.7. The molecule has 23 heavy (non-hydrogen) atoms. The lowest BCUT2D eigenvalue weighted by molar-refractivity contribution is 0.543. The molecule has 1 aliphatic rings. The van der Waals surface area contributed by atoms with E-state index in [9.17, 15) is 5.26 Å². The van der Waals surface area contributed by atoms with Crippen molar-refractivity contribution in [2.45, 2.75) is 18.8 Å². The Kier molecular flexibility index (Phi) is 5.05. The molecule has 3 rings (SSSR count). The van der Waals surface area contributed by atoms with Gasteiger partial charge in [-0.15, -0.1) is 11.8 Å². The smallest absolute Gasteiger partial charge is 0.0981 e. The Morgan fingerprint density at radius 3 is 2.22 bits per heavy atom. The number of nitrogens with zero attached hydrogens (tertiary/aromatic N) is 1. The van der Waals surface area contributed by atoms with Crippen molar-refractivity contribution < 1.29 is 0 Å². The van der Waals surface area contributed by atoms with Crippen LogP contribution in [0.5, 0.6) is 0 Å². The summed E-state index contributed by atoms with van der Waals surface area (Å²) in [7, 11) is 0. The van der Waals surface area contributed by atoms with Crippen LogP contribution in [0.3, 0.4) is 0 Å². The minimum absolute atomic E-state index is 0.110. The summed E-state index contributed by atoms with van der Waals surface area (Å²) in [6.45, 7) is 2.98. The summed E-state index contributed by atoms with van der Waals surface area (Å²) in [6.07, 6.45) is 0. The van der Waals surface area contributed by atoms with Crippen LogP contribution in [-0.4, -0.2) is 12.3 Å². The minimum atomic E-state index is 0.110. The van der Waals surface area contributed by atoms with Gasteiger partial charge in [-0.2, -0.15) is 5.26 Å². The van der Waals surface area contributed by atoms with Gasteiger partial charge in [-0.3, -0.25) is 0 Å². The molecule has 2 atom stereocenters. The Hall–Kier alpha value is -2.18. The number of allylic oxidation sites excluding steroid dienone is 1. The fourth-order valence-electron chi connectivity index (χ4n) is 3.22. The summed E-state index contributed by atoms with van der Waals surface area (Å²) in [6, 6.07) is 23.4. The van der Waals surface area contributed by atoms with E-state index in [1.54, 1.807) is 11.8 Å². The van der Waals surface area contributed by atoms with Crippen molar-refractivity contribution in [1.29, 1.82) is 5.26 Å². The monoisotopic (exact) mass is 320 g/mol. The summed E-state index contributed by atoms with van der Waals surface area (Å²) in [5.74, 6) is 1.35. The normalized spacial score (nSPS) is 20.7.